The Labute approximate surface area is 83.3 Å². The number of nitro groups is 2. The fourth-order valence-corrected chi connectivity index (χ4v) is 0.656. The average Bonchev–Trinajstić information content (AvgIpc) is 2.15. The molecule has 0 saturated heterocycles. The van der Waals surface area contributed by atoms with E-state index in [0.717, 1.165) is 7.05 Å². The minimum atomic E-state index is -1.57. The Morgan fingerprint density at radius 3 is 1.87 bits per heavy atom. The summed E-state index contributed by atoms with van der Waals surface area (Å²) in [4.78, 5) is 42.4. The van der Waals surface area contributed by atoms with Crippen LogP contribution in [0.25, 0.3) is 0 Å². The second kappa shape index (κ2) is 4.83. The molecule has 0 bridgehead atoms. The highest BCUT2D eigenvalue weighted by Gasteiger charge is 2.36. The third-order valence-corrected chi connectivity index (χ3v) is 1.45. The van der Waals surface area contributed by atoms with Gasteiger partial charge in [-0.3, -0.25) is 9.59 Å². The Kier molecular flexibility index (Phi) is 4.10. The summed E-state index contributed by atoms with van der Waals surface area (Å²) in [5, 5.41) is 18.0. The van der Waals surface area contributed by atoms with Gasteiger partial charge in [-0.25, -0.2) is 20.2 Å². The van der Waals surface area contributed by atoms with Crippen molar-refractivity contribution in [3.63, 3.8) is 0 Å². The topological polar surface area (TPSA) is 127 Å². The van der Waals surface area contributed by atoms with Gasteiger partial charge in [0.15, 0.2) is 10.1 Å². The van der Waals surface area contributed by atoms with Gasteiger partial charge in [0.25, 0.3) is 0 Å². The molecule has 0 saturated carbocycles. The van der Waals surface area contributed by atoms with E-state index in [9.17, 15) is 29.8 Å². The molecule has 0 aromatic rings. The molecule has 0 unspecified atom stereocenters. The van der Waals surface area contributed by atoms with Gasteiger partial charge >= 0.3 is 11.8 Å². The normalized spacial score (nSPS) is 9.20. The van der Waals surface area contributed by atoms with Crippen molar-refractivity contribution in [2.24, 2.45) is 0 Å². The zero-order valence-electron chi connectivity index (χ0n) is 7.95. The van der Waals surface area contributed by atoms with Gasteiger partial charge in [-0.1, -0.05) is 10.0 Å². The number of amides is 2. The van der Waals surface area contributed by atoms with Crippen LogP contribution < -0.4 is 0 Å². The summed E-state index contributed by atoms with van der Waals surface area (Å²) in [7, 11) is 0.730. The van der Waals surface area contributed by atoms with Crippen LogP contribution in [0.4, 0.5) is 0 Å². The summed E-state index contributed by atoms with van der Waals surface area (Å²) in [6.45, 7) is 0.906. The number of hydrogen-bond donors (Lipinski definition) is 0. The Bertz CT molecular complexity index is 315. The molecule has 2 amide bonds. The van der Waals surface area contributed by atoms with Gasteiger partial charge in [0, 0.05) is 0 Å². The monoisotopic (exact) mass is 220 g/mol. The van der Waals surface area contributed by atoms with Crippen LogP contribution >= 0.6 is 0 Å². The molecule has 0 radical (unpaired) electrons. The number of carbonyl (C=O) groups excluding carboxylic acids is 2. The van der Waals surface area contributed by atoms with Crippen LogP contribution in [-0.4, -0.2) is 45.5 Å². The highest BCUT2D eigenvalue weighted by molar-refractivity contribution is 6.34. The summed E-state index contributed by atoms with van der Waals surface area (Å²) < 4.78 is 0. The van der Waals surface area contributed by atoms with Gasteiger partial charge in [-0.2, -0.15) is 0 Å². The first-order valence-corrected chi connectivity index (χ1v) is 3.71. The predicted octanol–water partition coefficient (Wildman–Crippen LogP) is -1.32. The lowest BCUT2D eigenvalue weighted by Gasteiger charge is -2.10. The van der Waals surface area contributed by atoms with Crippen molar-refractivity contribution in [1.82, 2.24) is 10.0 Å². The molecule has 10 nitrogen and oxygen atoms in total. The van der Waals surface area contributed by atoms with Crippen LogP contribution in [-0.2, 0) is 9.59 Å². The van der Waals surface area contributed by atoms with E-state index in [2.05, 4.69) is 0 Å². The minimum Gasteiger partial charge on any atom is -0.257 e. The maximum atomic E-state index is 11.1. The van der Waals surface area contributed by atoms with E-state index in [1.165, 1.54) is 6.92 Å². The Hall–Kier alpha value is -2.26. The Morgan fingerprint density at radius 1 is 1.13 bits per heavy atom. The minimum absolute atomic E-state index is 0.0116. The predicted molar refractivity (Wildman–Crippen MR) is 44.1 cm³/mol. The molecule has 0 aliphatic rings. The van der Waals surface area contributed by atoms with E-state index < -0.39 is 21.9 Å². The molecule has 15 heavy (non-hydrogen) atoms. The molecule has 0 N–H and O–H groups in total. The molecule has 0 aliphatic heterocycles. The molecule has 0 aromatic carbocycles. The van der Waals surface area contributed by atoms with Crippen molar-refractivity contribution in [2.45, 2.75) is 6.92 Å². The lowest BCUT2D eigenvalue weighted by atomic mass is 10.5. The van der Waals surface area contributed by atoms with Gasteiger partial charge in [0.1, 0.15) is 0 Å². The highest BCUT2D eigenvalue weighted by Crippen LogP contribution is 1.95. The molecule has 0 fully saturated rings. The standard InChI is InChI=1S/C5H8N4O6/c1-3-7(9(14)15)5(11)4(10)6(2)8(12)13/h3H2,1-2H3. The zero-order chi connectivity index (χ0) is 12.2. The second-order valence-electron chi connectivity index (χ2n) is 2.33. The van der Waals surface area contributed by atoms with Crippen molar-refractivity contribution in [1.29, 1.82) is 0 Å². The smallest absolute Gasteiger partial charge is 0.257 e. The van der Waals surface area contributed by atoms with Gasteiger partial charge in [-0.15, -0.1) is 0 Å². The fraction of sp³-hybridized carbons (Fsp3) is 0.600. The quantitative estimate of drug-likeness (QED) is 0.329. The van der Waals surface area contributed by atoms with E-state index >= 15 is 0 Å². The van der Waals surface area contributed by atoms with Crippen molar-refractivity contribution >= 4 is 11.8 Å². The van der Waals surface area contributed by atoms with Gasteiger partial charge < -0.3 is 0 Å². The van der Waals surface area contributed by atoms with Gasteiger partial charge in [-0.05, 0) is 6.92 Å². The van der Waals surface area contributed by atoms with Crippen molar-refractivity contribution in [3.8, 4) is 0 Å². The van der Waals surface area contributed by atoms with Crippen LogP contribution in [0.15, 0.2) is 0 Å². The molecule has 84 valence electrons. The SMILES string of the molecule is CCN(C(=O)C(=O)N(C)[N+](=O)[O-])[N+](=O)[O-]. The number of rotatable bonds is 3. The van der Waals surface area contributed by atoms with Crippen LogP contribution in [0.1, 0.15) is 6.92 Å². The van der Waals surface area contributed by atoms with Crippen LogP contribution in [0.5, 0.6) is 0 Å². The number of hydrazine groups is 2. The third kappa shape index (κ3) is 2.86. The first-order chi connectivity index (χ1) is 6.82. The van der Waals surface area contributed by atoms with E-state index in [4.69, 9.17) is 0 Å². The van der Waals surface area contributed by atoms with Crippen molar-refractivity contribution in [3.05, 3.63) is 20.2 Å². The molecule has 10 heteroatoms. The molecule has 0 rings (SSSR count). The summed E-state index contributed by atoms with van der Waals surface area (Å²) in [5.74, 6) is -3.12. The lowest BCUT2D eigenvalue weighted by Crippen LogP contribution is -2.47. The van der Waals surface area contributed by atoms with E-state index in [0.29, 0.717) is 0 Å². The van der Waals surface area contributed by atoms with Crippen molar-refractivity contribution < 1.29 is 19.7 Å². The summed E-state index contributed by atoms with van der Waals surface area (Å²) in [6.07, 6.45) is 0. The average molecular weight is 220 g/mol. The molecule has 0 spiro atoms. The summed E-state index contributed by atoms with van der Waals surface area (Å²) in [5.41, 5.74) is 0. The molecule has 0 heterocycles. The largest absolute Gasteiger partial charge is 0.376 e. The molecular weight excluding hydrogens is 212 g/mol. The first-order valence-electron chi connectivity index (χ1n) is 3.71. The van der Waals surface area contributed by atoms with E-state index in [1.54, 1.807) is 0 Å². The van der Waals surface area contributed by atoms with Crippen LogP contribution in [0.2, 0.25) is 0 Å². The molecule has 0 aromatic heterocycles. The van der Waals surface area contributed by atoms with Crippen LogP contribution in [0, 0.1) is 20.2 Å². The molecule has 0 aliphatic carbocycles. The maximum Gasteiger partial charge on any atom is 0.376 e. The Morgan fingerprint density at radius 2 is 1.60 bits per heavy atom. The number of hydrogen-bond acceptors (Lipinski definition) is 6. The Balaban J connectivity index is 4.77. The molecule has 0 atom stereocenters. The van der Waals surface area contributed by atoms with E-state index in [1.807, 2.05) is 0 Å². The number of carbonyl (C=O) groups is 2. The lowest BCUT2D eigenvalue weighted by molar-refractivity contribution is -0.638. The molecular formula is C5H8N4O6. The number of likely N-dealkylation sites (N-methyl/N-ethyl adjacent to an activating group) is 2. The van der Waals surface area contributed by atoms with Crippen LogP contribution in [0.3, 0.4) is 0 Å². The van der Waals surface area contributed by atoms with Crippen molar-refractivity contribution in [2.75, 3.05) is 13.6 Å². The third-order valence-electron chi connectivity index (χ3n) is 1.45. The second-order valence-corrected chi connectivity index (χ2v) is 2.33. The summed E-state index contributed by atoms with van der Waals surface area (Å²) in [6, 6.07) is 0. The maximum absolute atomic E-state index is 11.1. The van der Waals surface area contributed by atoms with Gasteiger partial charge in [0.05, 0.1) is 13.6 Å². The first kappa shape index (κ1) is 12.7. The summed E-state index contributed by atoms with van der Waals surface area (Å²) >= 11 is 0. The van der Waals surface area contributed by atoms with E-state index in [-0.39, 0.29) is 16.6 Å². The zero-order valence-corrected chi connectivity index (χ0v) is 7.95. The number of nitrogens with zero attached hydrogens (tertiary/aromatic N) is 4. The highest BCUT2D eigenvalue weighted by atomic mass is 16.7. The fourth-order valence-electron chi connectivity index (χ4n) is 0.656. The van der Waals surface area contributed by atoms with Gasteiger partial charge in [0.2, 0.25) is 0 Å².